The number of anilines is 1. The normalized spacial score (nSPS) is 15.9. The van der Waals surface area contributed by atoms with Crippen LogP contribution < -0.4 is 15.4 Å². The molecule has 1 aliphatic carbocycles. The summed E-state index contributed by atoms with van der Waals surface area (Å²) in [5.41, 5.74) is 1.16. The molecule has 0 bridgehead atoms. The maximum atomic E-state index is 12.6. The van der Waals surface area contributed by atoms with E-state index in [4.69, 9.17) is 0 Å². The third-order valence-corrected chi connectivity index (χ3v) is 6.93. The number of urea groups is 1. The number of sulfonamides is 1. The number of carbonyl (C=O) groups is 1. The minimum absolute atomic E-state index is 0.111. The van der Waals surface area contributed by atoms with Crippen molar-refractivity contribution in [3.05, 3.63) is 60.2 Å². The number of nitrogens with one attached hydrogen (secondary N) is 3. The van der Waals surface area contributed by atoms with Gasteiger partial charge < -0.3 is 10.6 Å². The Morgan fingerprint density at radius 3 is 2.40 bits per heavy atom. The van der Waals surface area contributed by atoms with Crippen LogP contribution in [0.4, 0.5) is 10.5 Å². The van der Waals surface area contributed by atoms with Gasteiger partial charge in [0.1, 0.15) is 0 Å². The van der Waals surface area contributed by atoms with E-state index in [1.807, 2.05) is 13.0 Å². The summed E-state index contributed by atoms with van der Waals surface area (Å²) in [7, 11) is -3.69. The molecule has 1 saturated carbocycles. The largest absolute Gasteiger partial charge is 0.336 e. The lowest BCUT2D eigenvalue weighted by Gasteiger charge is -2.25. The average molecular weight is 430 g/mol. The zero-order valence-electron chi connectivity index (χ0n) is 17.4. The van der Waals surface area contributed by atoms with E-state index in [9.17, 15) is 13.2 Å². The van der Waals surface area contributed by atoms with Gasteiger partial charge in [0, 0.05) is 12.6 Å². The van der Waals surface area contributed by atoms with Crippen LogP contribution in [-0.2, 0) is 16.6 Å². The zero-order chi connectivity index (χ0) is 21.4. The summed E-state index contributed by atoms with van der Waals surface area (Å²) < 4.78 is 27.9. The van der Waals surface area contributed by atoms with Crippen LogP contribution in [0.1, 0.15) is 51.0 Å². The van der Waals surface area contributed by atoms with Crippen LogP contribution >= 0.6 is 0 Å². The minimum Gasteiger partial charge on any atom is -0.336 e. The quantitative estimate of drug-likeness (QED) is 0.571. The van der Waals surface area contributed by atoms with E-state index in [0.717, 1.165) is 6.42 Å². The van der Waals surface area contributed by atoms with E-state index in [0.29, 0.717) is 17.2 Å². The van der Waals surface area contributed by atoms with Crippen molar-refractivity contribution in [3.63, 3.8) is 0 Å². The van der Waals surface area contributed by atoms with Crippen molar-refractivity contribution in [2.24, 2.45) is 5.92 Å². The molecule has 0 spiro atoms. The molecule has 0 aromatic heterocycles. The van der Waals surface area contributed by atoms with E-state index in [1.54, 1.807) is 48.5 Å². The zero-order valence-corrected chi connectivity index (χ0v) is 18.3. The lowest BCUT2D eigenvalue weighted by atomic mass is 9.85. The fraction of sp³-hybridized carbons (Fsp3) is 0.435. The Bertz CT molecular complexity index is 926. The van der Waals surface area contributed by atoms with Gasteiger partial charge in [-0.05, 0) is 43.0 Å². The van der Waals surface area contributed by atoms with Gasteiger partial charge in [-0.1, -0.05) is 68.5 Å². The molecular weight excluding hydrogens is 398 g/mol. The lowest BCUT2D eigenvalue weighted by molar-refractivity contribution is 0.232. The Balaban J connectivity index is 1.55. The topological polar surface area (TPSA) is 87.3 Å². The molecule has 0 saturated heterocycles. The fourth-order valence-corrected chi connectivity index (χ4v) is 5.13. The number of hydrogen-bond acceptors (Lipinski definition) is 3. The third-order valence-electron chi connectivity index (χ3n) is 5.54. The van der Waals surface area contributed by atoms with Crippen molar-refractivity contribution < 1.29 is 13.2 Å². The van der Waals surface area contributed by atoms with Crippen molar-refractivity contribution in [2.75, 3.05) is 4.72 Å². The summed E-state index contributed by atoms with van der Waals surface area (Å²) in [5.74, 6) is 0.696. The van der Waals surface area contributed by atoms with Gasteiger partial charge in [-0.2, -0.15) is 0 Å². The minimum atomic E-state index is -3.69. The Hall–Kier alpha value is -2.54. The summed E-state index contributed by atoms with van der Waals surface area (Å²) in [6, 6.07) is 15.2. The summed E-state index contributed by atoms with van der Waals surface area (Å²) in [6.45, 7) is 2.27. The highest BCUT2D eigenvalue weighted by molar-refractivity contribution is 7.92. The predicted octanol–water partition coefficient (Wildman–Crippen LogP) is 4.65. The van der Waals surface area contributed by atoms with Crippen LogP contribution in [0.2, 0.25) is 0 Å². The van der Waals surface area contributed by atoms with Gasteiger partial charge in [0.05, 0.1) is 10.6 Å². The Morgan fingerprint density at radius 2 is 1.67 bits per heavy atom. The first kappa shape index (κ1) is 22.2. The van der Waals surface area contributed by atoms with E-state index in [2.05, 4.69) is 15.4 Å². The molecule has 2 aromatic carbocycles. The molecule has 0 radical (unpaired) electrons. The van der Waals surface area contributed by atoms with Gasteiger partial charge in [0.15, 0.2) is 0 Å². The lowest BCUT2D eigenvalue weighted by Crippen LogP contribution is -2.41. The molecule has 0 aliphatic heterocycles. The summed E-state index contributed by atoms with van der Waals surface area (Å²) in [6.07, 6.45) is 7.41. The number of carbonyl (C=O) groups excluding carboxylic acids is 1. The highest BCUT2D eigenvalue weighted by Crippen LogP contribution is 2.27. The molecule has 1 aliphatic rings. The number of benzene rings is 2. The molecule has 1 unspecified atom stereocenters. The molecule has 7 heteroatoms. The van der Waals surface area contributed by atoms with Gasteiger partial charge in [0.2, 0.25) is 0 Å². The highest BCUT2D eigenvalue weighted by Gasteiger charge is 2.18. The van der Waals surface area contributed by atoms with E-state index >= 15 is 0 Å². The molecule has 30 heavy (non-hydrogen) atoms. The number of amides is 2. The van der Waals surface area contributed by atoms with Gasteiger partial charge in [0.25, 0.3) is 10.0 Å². The maximum Gasteiger partial charge on any atom is 0.315 e. The van der Waals surface area contributed by atoms with Crippen LogP contribution in [0.5, 0.6) is 0 Å². The summed E-state index contributed by atoms with van der Waals surface area (Å²) in [4.78, 5) is 12.5. The van der Waals surface area contributed by atoms with Gasteiger partial charge in [-0.15, -0.1) is 0 Å². The summed E-state index contributed by atoms with van der Waals surface area (Å²) in [5, 5.41) is 5.85. The molecule has 2 amide bonds. The van der Waals surface area contributed by atoms with E-state index in [1.165, 1.54) is 32.1 Å². The fourth-order valence-electron chi connectivity index (χ4n) is 4.01. The number of para-hydroxylation sites is 1. The van der Waals surface area contributed by atoms with Crippen LogP contribution in [-0.4, -0.2) is 20.5 Å². The number of rotatable bonds is 8. The molecule has 1 fully saturated rings. The summed E-state index contributed by atoms with van der Waals surface area (Å²) >= 11 is 0. The van der Waals surface area contributed by atoms with Crippen LogP contribution in [0.25, 0.3) is 0 Å². The first-order chi connectivity index (χ1) is 14.4. The molecule has 6 nitrogen and oxygen atoms in total. The van der Waals surface area contributed by atoms with E-state index < -0.39 is 10.0 Å². The van der Waals surface area contributed by atoms with Crippen molar-refractivity contribution >= 4 is 21.7 Å². The van der Waals surface area contributed by atoms with Gasteiger partial charge >= 0.3 is 6.03 Å². The standard InChI is InChI=1S/C23H31N3O3S/c1-18(16-19-10-4-2-5-11-19)25-23(27)24-17-20-12-8-9-15-22(20)26-30(28,29)21-13-6-3-7-14-21/h3,6-9,12-15,18-19,26H,2,4-5,10-11,16-17H2,1H3,(H2,24,25,27). The van der Waals surface area contributed by atoms with Crippen LogP contribution in [0.3, 0.4) is 0 Å². The number of hydrogen-bond donors (Lipinski definition) is 3. The van der Waals surface area contributed by atoms with Crippen molar-refractivity contribution in [1.82, 2.24) is 10.6 Å². The van der Waals surface area contributed by atoms with Crippen molar-refractivity contribution in [3.8, 4) is 0 Å². The van der Waals surface area contributed by atoms with Crippen molar-refractivity contribution in [1.29, 1.82) is 0 Å². The van der Waals surface area contributed by atoms with Gasteiger partial charge in [-0.25, -0.2) is 13.2 Å². The molecule has 2 aromatic rings. The first-order valence-corrected chi connectivity index (χ1v) is 12.1. The maximum absolute atomic E-state index is 12.6. The third kappa shape index (κ3) is 6.49. The SMILES string of the molecule is CC(CC1CCCCC1)NC(=O)NCc1ccccc1NS(=O)(=O)c1ccccc1. The monoisotopic (exact) mass is 429 g/mol. The molecular formula is C23H31N3O3S. The van der Waals surface area contributed by atoms with Crippen LogP contribution in [0.15, 0.2) is 59.5 Å². The Morgan fingerprint density at radius 1 is 1.00 bits per heavy atom. The van der Waals surface area contributed by atoms with Gasteiger partial charge in [-0.3, -0.25) is 4.72 Å². The Kier molecular flexibility index (Phi) is 7.74. The highest BCUT2D eigenvalue weighted by atomic mass is 32.2. The molecule has 162 valence electrons. The second-order valence-corrected chi connectivity index (χ2v) is 9.73. The predicted molar refractivity (Wildman–Crippen MR) is 120 cm³/mol. The Labute approximate surface area is 179 Å². The van der Waals surface area contributed by atoms with Crippen molar-refractivity contribution in [2.45, 2.75) is 62.9 Å². The first-order valence-electron chi connectivity index (χ1n) is 10.6. The second-order valence-electron chi connectivity index (χ2n) is 8.04. The molecule has 1 atom stereocenters. The van der Waals surface area contributed by atoms with Crippen LogP contribution in [0, 0.1) is 5.92 Å². The second kappa shape index (κ2) is 10.5. The average Bonchev–Trinajstić information content (AvgIpc) is 2.74. The molecule has 3 N–H and O–H groups in total. The molecule has 3 rings (SSSR count). The smallest absolute Gasteiger partial charge is 0.315 e. The molecule has 0 heterocycles. The van der Waals surface area contributed by atoms with E-state index in [-0.39, 0.29) is 23.5 Å².